The average molecular weight is 361 g/mol. The summed E-state index contributed by atoms with van der Waals surface area (Å²) in [5, 5.41) is 4.88. The molecule has 0 saturated heterocycles. The van der Waals surface area contributed by atoms with Gasteiger partial charge in [-0.3, -0.25) is 0 Å². The summed E-state index contributed by atoms with van der Waals surface area (Å²) in [6.45, 7) is 3.00. The van der Waals surface area contributed by atoms with Gasteiger partial charge in [0.1, 0.15) is 0 Å². The van der Waals surface area contributed by atoms with Crippen LogP contribution in [-0.4, -0.2) is 13.7 Å². The van der Waals surface area contributed by atoms with Crippen LogP contribution >= 0.6 is 34.8 Å². The maximum Gasteiger partial charge on any atom is 0.162 e. The van der Waals surface area contributed by atoms with E-state index in [2.05, 4.69) is 5.32 Å². The molecule has 0 radical (unpaired) electrons. The molecule has 0 spiro atoms. The number of ether oxygens (including phenoxy) is 2. The molecule has 0 aliphatic rings. The molecule has 0 aliphatic heterocycles. The molecule has 2 rings (SSSR count). The third-order valence-corrected chi connectivity index (χ3v) is 4.13. The van der Waals surface area contributed by atoms with Gasteiger partial charge in [-0.05, 0) is 36.8 Å². The van der Waals surface area contributed by atoms with Crippen molar-refractivity contribution >= 4 is 40.5 Å². The fourth-order valence-corrected chi connectivity index (χ4v) is 2.46. The summed E-state index contributed by atoms with van der Waals surface area (Å²) in [6.07, 6.45) is 0. The topological polar surface area (TPSA) is 30.5 Å². The molecule has 1 N–H and O–H groups in total. The van der Waals surface area contributed by atoms with Gasteiger partial charge in [-0.25, -0.2) is 0 Å². The normalized spacial score (nSPS) is 10.4. The fraction of sp³-hybridized carbons (Fsp3) is 0.250. The minimum Gasteiger partial charge on any atom is -0.493 e. The Morgan fingerprint density at radius 1 is 0.955 bits per heavy atom. The Morgan fingerprint density at radius 2 is 1.73 bits per heavy atom. The van der Waals surface area contributed by atoms with Crippen LogP contribution in [0.4, 0.5) is 5.69 Å². The zero-order valence-corrected chi connectivity index (χ0v) is 14.5. The number of halogens is 3. The van der Waals surface area contributed by atoms with Crippen LogP contribution < -0.4 is 14.8 Å². The second kappa shape index (κ2) is 7.82. The molecule has 0 bridgehead atoms. The van der Waals surface area contributed by atoms with Gasteiger partial charge in [0.2, 0.25) is 0 Å². The summed E-state index contributed by atoms with van der Waals surface area (Å²) in [6, 6.07) is 8.99. The third kappa shape index (κ3) is 4.13. The summed E-state index contributed by atoms with van der Waals surface area (Å²) < 4.78 is 10.8. The first-order chi connectivity index (χ1) is 10.5. The SMILES string of the molecule is CCOc1cc(CNc2ccc(Cl)c(Cl)c2)c(Cl)cc1OC. The summed E-state index contributed by atoms with van der Waals surface area (Å²) >= 11 is 18.2. The van der Waals surface area contributed by atoms with E-state index in [1.807, 2.05) is 19.1 Å². The van der Waals surface area contributed by atoms with Gasteiger partial charge in [0, 0.05) is 23.3 Å². The molecule has 2 aromatic rings. The molecule has 0 aliphatic carbocycles. The van der Waals surface area contributed by atoms with E-state index in [9.17, 15) is 0 Å². The molecule has 3 nitrogen and oxygen atoms in total. The quantitative estimate of drug-likeness (QED) is 0.720. The lowest BCUT2D eigenvalue weighted by molar-refractivity contribution is 0.310. The second-order valence-electron chi connectivity index (χ2n) is 4.51. The summed E-state index contributed by atoms with van der Waals surface area (Å²) in [7, 11) is 1.59. The highest BCUT2D eigenvalue weighted by Crippen LogP contribution is 2.34. The molecule has 0 unspecified atom stereocenters. The minimum atomic E-state index is 0.502. The van der Waals surface area contributed by atoms with Crippen molar-refractivity contribution in [2.75, 3.05) is 19.0 Å². The monoisotopic (exact) mass is 359 g/mol. The van der Waals surface area contributed by atoms with Crippen LogP contribution in [0.25, 0.3) is 0 Å². The van der Waals surface area contributed by atoms with Gasteiger partial charge < -0.3 is 14.8 Å². The maximum absolute atomic E-state index is 6.28. The van der Waals surface area contributed by atoms with Gasteiger partial charge in [0.05, 0.1) is 23.8 Å². The molecule has 2 aromatic carbocycles. The molecule has 0 saturated carbocycles. The highest BCUT2D eigenvalue weighted by molar-refractivity contribution is 6.42. The Kier molecular flexibility index (Phi) is 6.07. The third-order valence-electron chi connectivity index (χ3n) is 3.04. The Hall–Kier alpha value is -1.29. The van der Waals surface area contributed by atoms with Crippen LogP contribution in [0, 0.1) is 0 Å². The molecule has 0 atom stereocenters. The van der Waals surface area contributed by atoms with E-state index in [1.165, 1.54) is 0 Å². The predicted molar refractivity (Wildman–Crippen MR) is 93.0 cm³/mol. The lowest BCUT2D eigenvalue weighted by Crippen LogP contribution is -2.02. The van der Waals surface area contributed by atoms with Crippen LogP contribution in [0.3, 0.4) is 0 Å². The van der Waals surface area contributed by atoms with Gasteiger partial charge in [0.15, 0.2) is 11.5 Å². The standard InChI is InChI=1S/C16H16Cl3NO2/c1-3-22-16-6-10(13(18)8-15(16)21-2)9-20-11-4-5-12(17)14(19)7-11/h4-8,20H,3,9H2,1-2H3. The van der Waals surface area contributed by atoms with Crippen molar-refractivity contribution in [3.63, 3.8) is 0 Å². The first-order valence-electron chi connectivity index (χ1n) is 6.73. The van der Waals surface area contributed by atoms with Crippen molar-refractivity contribution in [2.24, 2.45) is 0 Å². The van der Waals surface area contributed by atoms with E-state index in [0.717, 1.165) is 11.3 Å². The average Bonchev–Trinajstić information content (AvgIpc) is 2.50. The highest BCUT2D eigenvalue weighted by Gasteiger charge is 2.10. The van der Waals surface area contributed by atoms with Gasteiger partial charge in [-0.15, -0.1) is 0 Å². The summed E-state index contributed by atoms with van der Waals surface area (Å²) in [5.74, 6) is 1.28. The van der Waals surface area contributed by atoms with Crippen molar-refractivity contribution in [2.45, 2.75) is 13.5 Å². The van der Waals surface area contributed by atoms with Gasteiger partial charge in [-0.1, -0.05) is 34.8 Å². The molecule has 6 heteroatoms. The lowest BCUT2D eigenvalue weighted by atomic mass is 10.2. The van der Waals surface area contributed by atoms with Crippen molar-refractivity contribution in [3.8, 4) is 11.5 Å². The molecule has 22 heavy (non-hydrogen) atoms. The number of hydrogen-bond acceptors (Lipinski definition) is 3. The molecule has 0 heterocycles. The molecule has 118 valence electrons. The van der Waals surface area contributed by atoms with E-state index in [-0.39, 0.29) is 0 Å². The number of hydrogen-bond donors (Lipinski definition) is 1. The van der Waals surface area contributed by atoms with Crippen LogP contribution in [0.15, 0.2) is 30.3 Å². The van der Waals surface area contributed by atoms with E-state index < -0.39 is 0 Å². The predicted octanol–water partition coefficient (Wildman–Crippen LogP) is 5.67. The largest absolute Gasteiger partial charge is 0.493 e. The molecular formula is C16H16Cl3NO2. The number of rotatable bonds is 6. The van der Waals surface area contributed by atoms with Crippen LogP contribution in [0.2, 0.25) is 15.1 Å². The van der Waals surface area contributed by atoms with Crippen LogP contribution in [0.5, 0.6) is 11.5 Å². The van der Waals surface area contributed by atoms with Crippen LogP contribution in [0.1, 0.15) is 12.5 Å². The second-order valence-corrected chi connectivity index (χ2v) is 5.73. The van der Waals surface area contributed by atoms with E-state index >= 15 is 0 Å². The lowest BCUT2D eigenvalue weighted by Gasteiger charge is -2.14. The fourth-order valence-electron chi connectivity index (χ4n) is 1.94. The number of methoxy groups -OCH3 is 1. The molecule has 0 amide bonds. The summed E-state index contributed by atoms with van der Waals surface area (Å²) in [4.78, 5) is 0. The smallest absolute Gasteiger partial charge is 0.162 e. The highest BCUT2D eigenvalue weighted by atomic mass is 35.5. The number of benzene rings is 2. The Morgan fingerprint density at radius 3 is 2.36 bits per heavy atom. The van der Waals surface area contributed by atoms with Gasteiger partial charge >= 0.3 is 0 Å². The van der Waals surface area contributed by atoms with Gasteiger partial charge in [-0.2, -0.15) is 0 Å². The Balaban J connectivity index is 2.18. The first-order valence-corrected chi connectivity index (χ1v) is 7.86. The van der Waals surface area contributed by atoms with E-state index in [0.29, 0.717) is 39.7 Å². The molecule has 0 aromatic heterocycles. The van der Waals surface area contributed by atoms with Crippen molar-refractivity contribution < 1.29 is 9.47 Å². The van der Waals surface area contributed by atoms with Crippen LogP contribution in [-0.2, 0) is 6.54 Å². The maximum atomic E-state index is 6.28. The Labute approximate surface area is 145 Å². The zero-order chi connectivity index (χ0) is 16.1. The van der Waals surface area contributed by atoms with Crippen molar-refractivity contribution in [1.82, 2.24) is 0 Å². The van der Waals surface area contributed by atoms with Crippen molar-refractivity contribution in [1.29, 1.82) is 0 Å². The summed E-state index contributed by atoms with van der Waals surface area (Å²) in [5.41, 5.74) is 1.76. The molecular weight excluding hydrogens is 345 g/mol. The Bertz CT molecular complexity index is 662. The molecule has 0 fully saturated rings. The number of nitrogens with one attached hydrogen (secondary N) is 1. The van der Waals surface area contributed by atoms with Crippen molar-refractivity contribution in [3.05, 3.63) is 51.0 Å². The van der Waals surface area contributed by atoms with E-state index in [1.54, 1.807) is 25.3 Å². The van der Waals surface area contributed by atoms with E-state index in [4.69, 9.17) is 44.3 Å². The zero-order valence-electron chi connectivity index (χ0n) is 12.3. The number of anilines is 1. The minimum absolute atomic E-state index is 0.502. The first kappa shape index (κ1) is 17.1. The van der Waals surface area contributed by atoms with Gasteiger partial charge in [0.25, 0.3) is 0 Å².